The molecule has 1 rings (SSSR count). The van der Waals surface area contributed by atoms with Gasteiger partial charge in [0.1, 0.15) is 16.1 Å². The summed E-state index contributed by atoms with van der Waals surface area (Å²) in [6.45, 7) is 1.69. The number of rotatable bonds is 1. The Hall–Kier alpha value is -0.850. The summed E-state index contributed by atoms with van der Waals surface area (Å²) in [5, 5.41) is 8.93. The molecule has 0 bridgehead atoms. The lowest BCUT2D eigenvalue weighted by Gasteiger charge is -2.01. The summed E-state index contributed by atoms with van der Waals surface area (Å²) in [6, 6.07) is 1.94. The summed E-state index contributed by atoms with van der Waals surface area (Å²) in [5.74, 6) is 0.506. The number of aryl methyl sites for hydroxylation is 1. The van der Waals surface area contributed by atoms with Gasteiger partial charge in [-0.05, 0) is 6.92 Å². The van der Waals surface area contributed by atoms with E-state index >= 15 is 0 Å². The minimum atomic E-state index is 0.137. The van der Waals surface area contributed by atoms with Crippen LogP contribution in [0.15, 0.2) is 0 Å². The Bertz CT molecular complexity index is 320. The molecule has 1 heterocycles. The van der Waals surface area contributed by atoms with Crippen LogP contribution in [-0.2, 0) is 6.42 Å². The average molecular weight is 202 g/mol. The van der Waals surface area contributed by atoms with Crippen molar-refractivity contribution in [1.29, 1.82) is 5.26 Å². The number of nitriles is 1. The van der Waals surface area contributed by atoms with Crippen LogP contribution in [-0.4, -0.2) is 9.97 Å². The van der Waals surface area contributed by atoms with Gasteiger partial charge in [0.05, 0.1) is 12.5 Å². The molecule has 0 aliphatic rings. The predicted molar refractivity (Wildman–Crippen MR) is 46.1 cm³/mol. The molecule has 0 fully saturated rings. The van der Waals surface area contributed by atoms with Gasteiger partial charge in [0, 0.05) is 5.56 Å². The van der Waals surface area contributed by atoms with Crippen LogP contribution in [0, 0.1) is 18.3 Å². The van der Waals surface area contributed by atoms with E-state index in [9.17, 15) is 0 Å². The number of hydrogen-bond donors (Lipinski definition) is 0. The maximum Gasteiger partial charge on any atom is 0.138 e. The summed E-state index contributed by atoms with van der Waals surface area (Å²) >= 11 is 11.5. The summed E-state index contributed by atoms with van der Waals surface area (Å²) < 4.78 is 0. The topological polar surface area (TPSA) is 49.6 Å². The molecule has 0 aliphatic carbocycles. The third kappa shape index (κ3) is 1.84. The lowest BCUT2D eigenvalue weighted by Crippen LogP contribution is -1.95. The van der Waals surface area contributed by atoms with E-state index in [0.29, 0.717) is 11.4 Å². The Labute approximate surface area is 80.0 Å². The Morgan fingerprint density at radius 3 is 2.25 bits per heavy atom. The monoisotopic (exact) mass is 201 g/mol. The van der Waals surface area contributed by atoms with Gasteiger partial charge in [0.2, 0.25) is 0 Å². The van der Waals surface area contributed by atoms with Gasteiger partial charge in [-0.15, -0.1) is 0 Å². The van der Waals surface area contributed by atoms with Crippen molar-refractivity contribution in [3.63, 3.8) is 0 Å². The van der Waals surface area contributed by atoms with Crippen molar-refractivity contribution in [3.8, 4) is 6.07 Å². The van der Waals surface area contributed by atoms with Gasteiger partial charge in [0.15, 0.2) is 0 Å². The predicted octanol–water partition coefficient (Wildman–Crippen LogP) is 2.16. The molecule has 0 saturated carbocycles. The fourth-order valence-corrected chi connectivity index (χ4v) is 1.36. The highest BCUT2D eigenvalue weighted by molar-refractivity contribution is 6.34. The molecule has 0 aromatic carbocycles. The summed E-state index contributed by atoms with van der Waals surface area (Å²) in [4.78, 5) is 7.74. The molecule has 0 aliphatic heterocycles. The van der Waals surface area contributed by atoms with Crippen LogP contribution in [0.3, 0.4) is 0 Å². The van der Waals surface area contributed by atoms with Crippen LogP contribution in [0.1, 0.15) is 11.4 Å². The fourth-order valence-electron chi connectivity index (χ4n) is 0.754. The summed E-state index contributed by atoms with van der Waals surface area (Å²) in [5.41, 5.74) is 0.492. The molecule has 0 saturated heterocycles. The molecule has 1 aromatic rings. The second-order valence-electron chi connectivity index (χ2n) is 2.17. The van der Waals surface area contributed by atoms with Crippen molar-refractivity contribution in [3.05, 3.63) is 21.7 Å². The van der Waals surface area contributed by atoms with Crippen molar-refractivity contribution < 1.29 is 0 Å². The number of aromatic nitrogens is 2. The number of nitrogens with zero attached hydrogens (tertiary/aromatic N) is 3. The zero-order valence-electron chi connectivity index (χ0n) is 6.30. The van der Waals surface area contributed by atoms with E-state index in [1.165, 1.54) is 0 Å². The van der Waals surface area contributed by atoms with E-state index < -0.39 is 0 Å². The first kappa shape index (κ1) is 9.24. The Balaban J connectivity index is 3.21. The van der Waals surface area contributed by atoms with Gasteiger partial charge in [-0.25, -0.2) is 9.97 Å². The van der Waals surface area contributed by atoms with E-state index in [4.69, 9.17) is 28.5 Å². The molecule has 0 spiro atoms. The van der Waals surface area contributed by atoms with Crippen molar-refractivity contribution in [2.75, 3.05) is 0 Å². The average Bonchev–Trinajstić information content (AvgIpc) is 1.96. The van der Waals surface area contributed by atoms with Crippen LogP contribution in [0.25, 0.3) is 0 Å². The van der Waals surface area contributed by atoms with E-state index in [-0.39, 0.29) is 16.7 Å². The highest BCUT2D eigenvalue weighted by Gasteiger charge is 2.08. The first-order chi connectivity index (χ1) is 5.65. The van der Waals surface area contributed by atoms with Crippen molar-refractivity contribution in [2.45, 2.75) is 13.3 Å². The minimum absolute atomic E-state index is 0.137. The molecule has 0 unspecified atom stereocenters. The SMILES string of the molecule is Cc1nc(Cl)c(CC#N)c(Cl)n1. The molecular weight excluding hydrogens is 197 g/mol. The molecule has 12 heavy (non-hydrogen) atoms. The van der Waals surface area contributed by atoms with Crippen LogP contribution in [0.2, 0.25) is 10.3 Å². The highest BCUT2D eigenvalue weighted by atomic mass is 35.5. The normalized spacial score (nSPS) is 9.50. The maximum atomic E-state index is 8.42. The fraction of sp³-hybridized carbons (Fsp3) is 0.286. The third-order valence-corrected chi connectivity index (χ3v) is 1.90. The molecule has 0 N–H and O–H groups in total. The van der Waals surface area contributed by atoms with Gasteiger partial charge in [-0.1, -0.05) is 23.2 Å². The molecule has 3 nitrogen and oxygen atoms in total. The van der Waals surface area contributed by atoms with E-state index in [0.717, 1.165) is 0 Å². The molecule has 1 aromatic heterocycles. The van der Waals surface area contributed by atoms with Crippen LogP contribution < -0.4 is 0 Å². The number of halogens is 2. The van der Waals surface area contributed by atoms with Crippen LogP contribution in [0.5, 0.6) is 0 Å². The van der Waals surface area contributed by atoms with Crippen molar-refractivity contribution in [1.82, 2.24) is 9.97 Å². The van der Waals surface area contributed by atoms with Gasteiger partial charge in [-0.2, -0.15) is 5.26 Å². The Morgan fingerprint density at radius 2 is 1.83 bits per heavy atom. The van der Waals surface area contributed by atoms with Crippen molar-refractivity contribution >= 4 is 23.2 Å². The second-order valence-corrected chi connectivity index (χ2v) is 2.88. The Morgan fingerprint density at radius 1 is 1.33 bits per heavy atom. The van der Waals surface area contributed by atoms with Crippen LogP contribution in [0.4, 0.5) is 0 Å². The van der Waals surface area contributed by atoms with E-state index in [1.54, 1.807) is 6.92 Å². The lowest BCUT2D eigenvalue weighted by molar-refractivity contribution is 1.02. The summed E-state index contributed by atoms with van der Waals surface area (Å²) in [6.07, 6.45) is 0.137. The summed E-state index contributed by atoms with van der Waals surface area (Å²) in [7, 11) is 0. The van der Waals surface area contributed by atoms with E-state index in [2.05, 4.69) is 9.97 Å². The Kier molecular flexibility index (Phi) is 2.85. The van der Waals surface area contributed by atoms with Gasteiger partial charge < -0.3 is 0 Å². The molecule has 0 radical (unpaired) electrons. The first-order valence-corrected chi connectivity index (χ1v) is 3.96. The number of hydrogen-bond acceptors (Lipinski definition) is 3. The molecular formula is C7H5Cl2N3. The molecule has 0 atom stereocenters. The lowest BCUT2D eigenvalue weighted by atomic mass is 10.2. The van der Waals surface area contributed by atoms with E-state index in [1.807, 2.05) is 6.07 Å². The molecule has 5 heteroatoms. The smallest absolute Gasteiger partial charge is 0.138 e. The van der Waals surface area contributed by atoms with Gasteiger partial charge >= 0.3 is 0 Å². The largest absolute Gasteiger partial charge is 0.221 e. The van der Waals surface area contributed by atoms with Crippen molar-refractivity contribution in [2.24, 2.45) is 0 Å². The quantitative estimate of drug-likeness (QED) is 0.655. The molecule has 62 valence electrons. The highest BCUT2D eigenvalue weighted by Crippen LogP contribution is 2.20. The maximum absolute atomic E-state index is 8.42. The van der Waals surface area contributed by atoms with Gasteiger partial charge in [0.25, 0.3) is 0 Å². The molecule has 0 amide bonds. The zero-order chi connectivity index (χ0) is 9.14. The van der Waals surface area contributed by atoms with Gasteiger partial charge in [-0.3, -0.25) is 0 Å². The second kappa shape index (κ2) is 3.70. The first-order valence-electron chi connectivity index (χ1n) is 3.20. The standard InChI is InChI=1S/C7H5Cl2N3/c1-4-11-6(8)5(2-3-10)7(9)12-4/h2H2,1H3. The third-order valence-electron chi connectivity index (χ3n) is 1.27. The van der Waals surface area contributed by atoms with Crippen LogP contribution >= 0.6 is 23.2 Å². The minimum Gasteiger partial charge on any atom is -0.221 e. The zero-order valence-corrected chi connectivity index (χ0v) is 7.82.